The number of rotatable bonds is 20. The molecule has 4 amide bonds. The van der Waals surface area contributed by atoms with Gasteiger partial charge in [-0.15, -0.1) is 0 Å². The van der Waals surface area contributed by atoms with Gasteiger partial charge in [0.25, 0.3) is 0 Å². The molecular formula is C37H46FN5O7. The molecule has 0 fully saturated rings. The minimum absolute atomic E-state index is 0.00439. The quantitative estimate of drug-likeness (QED) is 0.0760. The van der Waals surface area contributed by atoms with Gasteiger partial charge in [0, 0.05) is 26.3 Å². The molecule has 0 bridgehead atoms. The van der Waals surface area contributed by atoms with Crippen molar-refractivity contribution in [3.05, 3.63) is 101 Å². The van der Waals surface area contributed by atoms with Crippen molar-refractivity contribution in [1.29, 1.82) is 0 Å². The molecule has 4 atom stereocenters. The first kappa shape index (κ1) is 39.3. The third-order valence-corrected chi connectivity index (χ3v) is 8.23. The van der Waals surface area contributed by atoms with Crippen molar-refractivity contribution in [2.45, 2.75) is 69.1 Å². The number of phenols is 1. The highest BCUT2D eigenvalue weighted by molar-refractivity contribution is 5.95. The van der Waals surface area contributed by atoms with Gasteiger partial charge in [-0.3, -0.25) is 19.2 Å². The molecule has 0 saturated carbocycles. The van der Waals surface area contributed by atoms with Crippen LogP contribution in [0.3, 0.4) is 0 Å². The Labute approximate surface area is 291 Å². The second-order valence-electron chi connectivity index (χ2n) is 12.1. The number of carbonyl (C=O) groups is 5. The lowest BCUT2D eigenvalue weighted by molar-refractivity contribution is -0.143. The number of aliphatic hydroxyl groups excluding tert-OH is 1. The Balaban J connectivity index is 1.77. The number of nitrogens with one attached hydrogen (secondary N) is 3. The van der Waals surface area contributed by atoms with Crippen LogP contribution in [0.4, 0.5) is 4.39 Å². The average Bonchev–Trinajstić information content (AvgIpc) is 3.12. The highest BCUT2D eigenvalue weighted by Gasteiger charge is 2.34. The van der Waals surface area contributed by atoms with E-state index in [0.29, 0.717) is 44.1 Å². The zero-order valence-electron chi connectivity index (χ0n) is 28.1. The molecule has 13 heteroatoms. The van der Waals surface area contributed by atoms with Crippen LogP contribution in [0.5, 0.6) is 5.75 Å². The van der Waals surface area contributed by atoms with Gasteiger partial charge in [-0.1, -0.05) is 54.6 Å². The van der Waals surface area contributed by atoms with Crippen molar-refractivity contribution in [2.75, 3.05) is 20.2 Å². The number of hydrogen-bond acceptors (Lipinski definition) is 8. The summed E-state index contributed by atoms with van der Waals surface area (Å²) >= 11 is 0. The molecule has 3 aromatic carbocycles. The lowest BCUT2D eigenvalue weighted by Gasteiger charge is -2.32. The van der Waals surface area contributed by atoms with Gasteiger partial charge < -0.3 is 41.6 Å². The highest BCUT2D eigenvalue weighted by atomic mass is 19.1. The normalized spacial score (nSPS) is 13.3. The molecular weight excluding hydrogens is 645 g/mol. The maximum absolute atomic E-state index is 13.8. The Morgan fingerprint density at radius 1 is 0.820 bits per heavy atom. The first-order valence-electron chi connectivity index (χ1n) is 16.5. The van der Waals surface area contributed by atoms with Crippen LogP contribution in [0.25, 0.3) is 0 Å². The molecule has 0 saturated heterocycles. The fourth-order valence-electron chi connectivity index (χ4n) is 5.31. The number of hydrogen-bond donors (Lipinski definition) is 6. The third kappa shape index (κ3) is 12.7. The summed E-state index contributed by atoms with van der Waals surface area (Å²) in [5, 5.41) is 27.9. The molecule has 268 valence electrons. The molecule has 0 heterocycles. The molecule has 0 aliphatic carbocycles. The second kappa shape index (κ2) is 20.4. The van der Waals surface area contributed by atoms with E-state index in [9.17, 15) is 38.6 Å². The third-order valence-electron chi connectivity index (χ3n) is 8.23. The Morgan fingerprint density at radius 2 is 1.46 bits per heavy atom. The van der Waals surface area contributed by atoms with E-state index in [1.807, 2.05) is 0 Å². The van der Waals surface area contributed by atoms with E-state index in [1.54, 1.807) is 54.6 Å². The predicted octanol–water partition coefficient (Wildman–Crippen LogP) is 1.55. The van der Waals surface area contributed by atoms with Crippen molar-refractivity contribution < 1.29 is 38.6 Å². The molecule has 0 aliphatic rings. The number of nitrogens with two attached hydrogens (primary N) is 1. The number of benzene rings is 3. The summed E-state index contributed by atoms with van der Waals surface area (Å²) in [6, 6.07) is 16.1. The number of amides is 4. The zero-order chi connectivity index (χ0) is 36.5. The first-order chi connectivity index (χ1) is 24.0. The number of nitrogens with zero attached hydrogens (tertiary/aromatic N) is 1. The summed E-state index contributed by atoms with van der Waals surface area (Å²) in [6.45, 7) is -0.379. The van der Waals surface area contributed by atoms with Crippen LogP contribution >= 0.6 is 0 Å². The van der Waals surface area contributed by atoms with Gasteiger partial charge >= 0.3 is 0 Å². The van der Waals surface area contributed by atoms with Crippen LogP contribution in [-0.2, 0) is 43.2 Å². The summed E-state index contributed by atoms with van der Waals surface area (Å²) in [5.74, 6) is -2.98. The Morgan fingerprint density at radius 3 is 2.08 bits per heavy atom. The summed E-state index contributed by atoms with van der Waals surface area (Å²) < 4.78 is 13.3. The molecule has 50 heavy (non-hydrogen) atoms. The SMILES string of the molecule is CN(C(=O)[C@H](CO)NC(=O)[C@@H](Cc1ccccc1)NC(=O)CCc1ccc(F)cc1)[C@@H](Cc1ccc(O)cc1)C(=O)N[C@@H](C=O)CCCCN. The maximum Gasteiger partial charge on any atom is 0.247 e. The van der Waals surface area contributed by atoms with Crippen LogP contribution in [0, 0.1) is 5.82 Å². The van der Waals surface area contributed by atoms with Crippen LogP contribution in [0.1, 0.15) is 42.4 Å². The molecule has 0 aromatic heterocycles. The minimum Gasteiger partial charge on any atom is -0.508 e. The van der Waals surface area contributed by atoms with E-state index < -0.39 is 60.2 Å². The van der Waals surface area contributed by atoms with E-state index in [-0.39, 0.29) is 25.0 Å². The maximum atomic E-state index is 13.8. The molecule has 3 aromatic rings. The van der Waals surface area contributed by atoms with Gasteiger partial charge in [0.1, 0.15) is 36.0 Å². The molecule has 0 spiro atoms. The highest BCUT2D eigenvalue weighted by Crippen LogP contribution is 2.15. The fraction of sp³-hybridized carbons (Fsp3) is 0.378. The van der Waals surface area contributed by atoms with E-state index in [2.05, 4.69) is 16.0 Å². The average molecular weight is 692 g/mol. The van der Waals surface area contributed by atoms with Crippen LogP contribution in [0.15, 0.2) is 78.9 Å². The smallest absolute Gasteiger partial charge is 0.247 e. The van der Waals surface area contributed by atoms with Gasteiger partial charge in [0.05, 0.1) is 12.6 Å². The Bertz CT molecular complexity index is 1540. The van der Waals surface area contributed by atoms with Crippen LogP contribution in [0.2, 0.25) is 0 Å². The van der Waals surface area contributed by atoms with Crippen molar-refractivity contribution >= 4 is 29.9 Å². The fourth-order valence-corrected chi connectivity index (χ4v) is 5.31. The number of aliphatic hydroxyl groups is 1. The van der Waals surface area contributed by atoms with E-state index in [4.69, 9.17) is 5.73 Å². The monoisotopic (exact) mass is 691 g/mol. The molecule has 0 aliphatic heterocycles. The summed E-state index contributed by atoms with van der Waals surface area (Å²) in [6.07, 6.45) is 2.62. The van der Waals surface area contributed by atoms with Gasteiger partial charge in [0.15, 0.2) is 0 Å². The van der Waals surface area contributed by atoms with E-state index in [0.717, 1.165) is 16.0 Å². The standard InChI is InChI=1S/C37H46FN5O7/c1-43(33(22-27-12-17-30(46)18-13-27)36(49)40-29(23-44)9-5-6-20-39)37(50)32(24-45)42-35(48)31(21-26-7-3-2-4-8-26)41-34(47)19-14-25-10-15-28(38)16-11-25/h2-4,7-8,10-13,15-18,23,29,31-33,45-46H,5-6,9,14,19-22,24,39H2,1H3,(H,40,49)(H,41,47)(H,42,48)/t29-,31-,32+,33+/m1/s1. The number of aryl methyl sites for hydroxylation is 1. The second-order valence-corrected chi connectivity index (χ2v) is 12.1. The first-order valence-corrected chi connectivity index (χ1v) is 16.5. The number of unbranched alkanes of at least 4 members (excludes halogenated alkanes) is 1. The summed E-state index contributed by atoms with van der Waals surface area (Å²) in [7, 11) is 1.35. The Kier molecular flexibility index (Phi) is 16.0. The lowest BCUT2D eigenvalue weighted by atomic mass is 10.0. The van der Waals surface area contributed by atoms with Crippen molar-refractivity contribution in [1.82, 2.24) is 20.9 Å². The van der Waals surface area contributed by atoms with Gasteiger partial charge in [-0.2, -0.15) is 0 Å². The number of aromatic hydroxyl groups is 1. The summed E-state index contributed by atoms with van der Waals surface area (Å²) in [4.78, 5) is 66.8. The molecule has 3 rings (SSSR count). The molecule has 7 N–H and O–H groups in total. The minimum atomic E-state index is -1.48. The van der Waals surface area contributed by atoms with Crippen molar-refractivity contribution in [3.8, 4) is 5.75 Å². The van der Waals surface area contributed by atoms with E-state index in [1.165, 1.54) is 31.3 Å². The topological polar surface area (TPSA) is 191 Å². The molecule has 0 unspecified atom stereocenters. The number of aldehydes is 1. The number of carbonyl (C=O) groups excluding carboxylic acids is 5. The number of phenolic OH excluding ortho intramolecular Hbond substituents is 1. The van der Waals surface area contributed by atoms with Crippen LogP contribution in [-0.4, -0.2) is 89.4 Å². The van der Waals surface area contributed by atoms with Crippen molar-refractivity contribution in [3.63, 3.8) is 0 Å². The lowest BCUT2D eigenvalue weighted by Crippen LogP contribution is -2.59. The van der Waals surface area contributed by atoms with Crippen LogP contribution < -0.4 is 21.7 Å². The van der Waals surface area contributed by atoms with Crippen molar-refractivity contribution in [2.24, 2.45) is 5.73 Å². The molecule has 12 nitrogen and oxygen atoms in total. The van der Waals surface area contributed by atoms with Gasteiger partial charge in [-0.25, -0.2) is 4.39 Å². The zero-order valence-corrected chi connectivity index (χ0v) is 28.1. The number of halogens is 1. The van der Waals surface area contributed by atoms with Gasteiger partial charge in [0.2, 0.25) is 23.6 Å². The van der Waals surface area contributed by atoms with Gasteiger partial charge in [-0.05, 0) is 73.2 Å². The van der Waals surface area contributed by atoms with E-state index >= 15 is 0 Å². The summed E-state index contributed by atoms with van der Waals surface area (Å²) in [5.41, 5.74) is 7.62. The Hall–Kier alpha value is -5.14. The number of likely N-dealkylation sites (N-methyl/N-ethyl adjacent to an activating group) is 1. The molecule has 0 radical (unpaired) electrons. The predicted molar refractivity (Wildman–Crippen MR) is 185 cm³/mol. The largest absolute Gasteiger partial charge is 0.508 e.